The van der Waals surface area contributed by atoms with E-state index in [-0.39, 0.29) is 42.3 Å². The van der Waals surface area contributed by atoms with E-state index in [9.17, 15) is 18.4 Å². The highest BCUT2D eigenvalue weighted by Crippen LogP contribution is 2.43. The van der Waals surface area contributed by atoms with Crippen molar-refractivity contribution in [1.82, 2.24) is 10.2 Å². The van der Waals surface area contributed by atoms with Gasteiger partial charge in [-0.05, 0) is 47.9 Å². The van der Waals surface area contributed by atoms with Crippen LogP contribution in [-0.4, -0.2) is 36.2 Å². The van der Waals surface area contributed by atoms with Gasteiger partial charge in [0.25, 0.3) is 0 Å². The second-order valence-corrected chi connectivity index (χ2v) is 7.56. The summed E-state index contributed by atoms with van der Waals surface area (Å²) in [7, 11) is 0. The third-order valence-electron chi connectivity index (χ3n) is 5.81. The molecule has 2 saturated heterocycles. The van der Waals surface area contributed by atoms with E-state index in [0.29, 0.717) is 18.0 Å². The van der Waals surface area contributed by atoms with Crippen LogP contribution in [0.5, 0.6) is 0 Å². The number of nitrogens with one attached hydrogen (secondary N) is 1. The molecule has 2 heterocycles. The van der Waals surface area contributed by atoms with Crippen molar-refractivity contribution in [3.8, 4) is 0 Å². The minimum absolute atomic E-state index is 0.0738. The molecule has 2 fully saturated rings. The molecule has 6 heteroatoms. The fourth-order valence-corrected chi connectivity index (χ4v) is 4.44. The molecule has 0 saturated carbocycles. The second-order valence-electron chi connectivity index (χ2n) is 7.56. The molecule has 4 rings (SSSR count). The lowest BCUT2D eigenvalue weighted by atomic mass is 9.89. The molecule has 0 bridgehead atoms. The van der Waals surface area contributed by atoms with Gasteiger partial charge < -0.3 is 10.2 Å². The summed E-state index contributed by atoms with van der Waals surface area (Å²) in [6.45, 7) is 2.25. The van der Waals surface area contributed by atoms with Crippen LogP contribution in [0, 0.1) is 23.5 Å². The Hall–Kier alpha value is -2.60. The first-order valence-corrected chi connectivity index (χ1v) is 9.57. The molecule has 3 atom stereocenters. The number of halogens is 2. The number of amides is 1. The van der Waals surface area contributed by atoms with Gasteiger partial charge in [0.05, 0.1) is 6.04 Å². The molecular formula is C22H22F2N2O2. The summed E-state index contributed by atoms with van der Waals surface area (Å²) in [5, 5.41) is 3.36. The zero-order valence-electron chi connectivity index (χ0n) is 15.4. The van der Waals surface area contributed by atoms with Crippen molar-refractivity contribution in [1.29, 1.82) is 0 Å². The summed E-state index contributed by atoms with van der Waals surface area (Å²) >= 11 is 0. The van der Waals surface area contributed by atoms with Crippen LogP contribution >= 0.6 is 0 Å². The SMILES string of the molecule is O=C(CCC(=O)N1C[C@@H]2CNC[C@@H]2[C@H]1c1cccc(F)c1)c1ccc(F)cc1. The number of ketones is 1. The fourth-order valence-electron chi connectivity index (χ4n) is 4.44. The van der Waals surface area contributed by atoms with Crippen LogP contribution < -0.4 is 5.32 Å². The van der Waals surface area contributed by atoms with Gasteiger partial charge in [-0.3, -0.25) is 9.59 Å². The van der Waals surface area contributed by atoms with Gasteiger partial charge in [-0.1, -0.05) is 12.1 Å². The first-order chi connectivity index (χ1) is 13.5. The number of Topliss-reactive ketones (excluding diaryl/α,β-unsaturated/α-hetero) is 1. The number of fused-ring (bicyclic) bond motifs is 1. The highest BCUT2D eigenvalue weighted by molar-refractivity contribution is 5.98. The van der Waals surface area contributed by atoms with Gasteiger partial charge in [0, 0.05) is 44.0 Å². The number of nitrogens with zero attached hydrogens (tertiary/aromatic N) is 1. The maximum absolute atomic E-state index is 13.8. The summed E-state index contributed by atoms with van der Waals surface area (Å²) in [6, 6.07) is 11.6. The van der Waals surface area contributed by atoms with E-state index in [1.165, 1.54) is 36.4 Å². The van der Waals surface area contributed by atoms with Crippen molar-refractivity contribution in [2.45, 2.75) is 18.9 Å². The monoisotopic (exact) mass is 384 g/mol. The number of rotatable bonds is 5. The standard InChI is InChI=1S/C22H22F2N2O2/c23-17-6-4-14(5-7-17)20(27)8-9-21(28)26-13-16-11-25-12-19(16)22(26)15-2-1-3-18(24)10-15/h1-7,10,16,19,22,25H,8-9,11-13H2/t16-,19-,22+/m0/s1. The van der Waals surface area contributed by atoms with Gasteiger partial charge in [0.1, 0.15) is 11.6 Å². The number of hydrogen-bond donors (Lipinski definition) is 1. The quantitative estimate of drug-likeness (QED) is 0.805. The Morgan fingerprint density at radius 1 is 1.00 bits per heavy atom. The van der Waals surface area contributed by atoms with Gasteiger partial charge in [-0.25, -0.2) is 8.78 Å². The van der Waals surface area contributed by atoms with Gasteiger partial charge in [0.2, 0.25) is 5.91 Å². The van der Waals surface area contributed by atoms with Crippen LogP contribution in [0.25, 0.3) is 0 Å². The Kier molecular flexibility index (Phi) is 5.22. The number of likely N-dealkylation sites (tertiary alicyclic amines) is 1. The zero-order valence-corrected chi connectivity index (χ0v) is 15.4. The van der Waals surface area contributed by atoms with E-state index in [2.05, 4.69) is 5.32 Å². The van der Waals surface area contributed by atoms with Gasteiger partial charge in [0.15, 0.2) is 5.78 Å². The molecule has 0 unspecified atom stereocenters. The second kappa shape index (κ2) is 7.80. The molecular weight excluding hydrogens is 362 g/mol. The molecule has 2 aromatic carbocycles. The van der Waals surface area contributed by atoms with Crippen molar-refractivity contribution >= 4 is 11.7 Å². The number of carbonyl (C=O) groups excluding carboxylic acids is 2. The molecule has 0 aromatic heterocycles. The predicted octanol–water partition coefficient (Wildman–Crippen LogP) is 3.35. The molecule has 2 aliphatic rings. The maximum atomic E-state index is 13.8. The van der Waals surface area contributed by atoms with E-state index >= 15 is 0 Å². The average Bonchev–Trinajstić information content (AvgIpc) is 3.27. The van der Waals surface area contributed by atoms with E-state index in [0.717, 1.165) is 18.7 Å². The van der Waals surface area contributed by atoms with Crippen LogP contribution in [0.3, 0.4) is 0 Å². The number of hydrogen-bond acceptors (Lipinski definition) is 3. The Morgan fingerprint density at radius 2 is 1.79 bits per heavy atom. The third kappa shape index (κ3) is 3.69. The van der Waals surface area contributed by atoms with E-state index in [1.54, 1.807) is 6.07 Å². The lowest BCUT2D eigenvalue weighted by Gasteiger charge is -2.28. The van der Waals surface area contributed by atoms with Crippen LogP contribution in [0.1, 0.15) is 34.8 Å². The summed E-state index contributed by atoms with van der Waals surface area (Å²) in [4.78, 5) is 27.1. The smallest absolute Gasteiger partial charge is 0.223 e. The van der Waals surface area contributed by atoms with Gasteiger partial charge in [-0.15, -0.1) is 0 Å². The van der Waals surface area contributed by atoms with Gasteiger partial charge >= 0.3 is 0 Å². The van der Waals surface area contributed by atoms with E-state index in [4.69, 9.17) is 0 Å². The van der Waals surface area contributed by atoms with Crippen LogP contribution in [0.15, 0.2) is 48.5 Å². The molecule has 1 N–H and O–H groups in total. The molecule has 2 aromatic rings. The molecule has 1 amide bonds. The highest BCUT2D eigenvalue weighted by Gasteiger charge is 2.46. The molecule has 0 spiro atoms. The van der Waals surface area contributed by atoms with Crippen LogP contribution in [0.2, 0.25) is 0 Å². The first-order valence-electron chi connectivity index (χ1n) is 9.57. The maximum Gasteiger partial charge on any atom is 0.223 e. The lowest BCUT2D eigenvalue weighted by molar-refractivity contribution is -0.132. The topological polar surface area (TPSA) is 49.4 Å². The summed E-state index contributed by atoms with van der Waals surface area (Å²) < 4.78 is 26.8. The van der Waals surface area contributed by atoms with Crippen molar-refractivity contribution < 1.29 is 18.4 Å². The highest BCUT2D eigenvalue weighted by atomic mass is 19.1. The summed E-state index contributed by atoms with van der Waals surface area (Å²) in [5.41, 5.74) is 1.20. The first kappa shape index (κ1) is 18.7. The average molecular weight is 384 g/mol. The molecule has 4 nitrogen and oxygen atoms in total. The fraction of sp³-hybridized carbons (Fsp3) is 0.364. The van der Waals surface area contributed by atoms with Gasteiger partial charge in [-0.2, -0.15) is 0 Å². The van der Waals surface area contributed by atoms with Crippen molar-refractivity contribution in [3.63, 3.8) is 0 Å². The number of carbonyl (C=O) groups is 2. The Labute approximate surface area is 162 Å². The lowest BCUT2D eigenvalue weighted by Crippen LogP contribution is -2.34. The molecule has 0 radical (unpaired) electrons. The van der Waals surface area contributed by atoms with Crippen LogP contribution in [-0.2, 0) is 4.79 Å². The Balaban J connectivity index is 1.47. The Morgan fingerprint density at radius 3 is 2.54 bits per heavy atom. The van der Waals surface area contributed by atoms with Crippen LogP contribution in [0.4, 0.5) is 8.78 Å². The van der Waals surface area contributed by atoms with E-state index in [1.807, 2.05) is 11.0 Å². The Bertz CT molecular complexity index is 884. The molecule has 28 heavy (non-hydrogen) atoms. The largest absolute Gasteiger partial charge is 0.335 e. The van der Waals surface area contributed by atoms with E-state index < -0.39 is 5.82 Å². The molecule has 0 aliphatic carbocycles. The van der Waals surface area contributed by atoms with Crippen molar-refractivity contribution in [2.75, 3.05) is 19.6 Å². The van der Waals surface area contributed by atoms with Crippen molar-refractivity contribution in [3.05, 3.63) is 71.3 Å². The summed E-state index contributed by atoms with van der Waals surface area (Å²) in [5.74, 6) is -0.409. The molecule has 2 aliphatic heterocycles. The molecule has 146 valence electrons. The third-order valence-corrected chi connectivity index (χ3v) is 5.81. The van der Waals surface area contributed by atoms with Crippen molar-refractivity contribution in [2.24, 2.45) is 11.8 Å². The predicted molar refractivity (Wildman–Crippen MR) is 101 cm³/mol. The normalized spacial score (nSPS) is 23.6. The minimum atomic E-state index is -0.400. The summed E-state index contributed by atoms with van der Waals surface area (Å²) in [6.07, 6.45) is 0.166. The minimum Gasteiger partial charge on any atom is -0.335 e. The zero-order chi connectivity index (χ0) is 19.7. The number of benzene rings is 2.